The van der Waals surface area contributed by atoms with Crippen molar-refractivity contribution in [2.75, 3.05) is 12.0 Å². The number of para-hydroxylation sites is 1. The van der Waals surface area contributed by atoms with Gasteiger partial charge < -0.3 is 9.84 Å². The highest BCUT2D eigenvalue weighted by Crippen LogP contribution is 2.45. The van der Waals surface area contributed by atoms with E-state index in [1.54, 1.807) is 36.4 Å². The number of benzene rings is 3. The number of ketones is 1. The van der Waals surface area contributed by atoms with Gasteiger partial charge in [0.15, 0.2) is 0 Å². The van der Waals surface area contributed by atoms with Crippen molar-refractivity contribution >= 4 is 28.8 Å². The highest BCUT2D eigenvalue weighted by Gasteiger charge is 2.48. The Morgan fingerprint density at radius 1 is 1.00 bits per heavy atom. The molecule has 36 heavy (non-hydrogen) atoms. The molecule has 0 saturated carbocycles. The Labute approximate surface area is 208 Å². The zero-order valence-electron chi connectivity index (χ0n) is 20.4. The van der Waals surface area contributed by atoms with Crippen LogP contribution in [0.4, 0.5) is 11.4 Å². The van der Waals surface area contributed by atoms with Crippen LogP contribution in [0.15, 0.2) is 78.4 Å². The molecule has 3 aromatic carbocycles. The SMILES string of the molecule is COc1ccccc1C1/C(=C(\O)c2cccc([N+](=O)[O-])c2)C(=O)C(=O)N1c1ccc(C(C)(C)C)cc1. The van der Waals surface area contributed by atoms with Crippen LogP contribution in [0.3, 0.4) is 0 Å². The molecule has 3 aromatic rings. The molecule has 1 fully saturated rings. The number of carbonyl (C=O) groups excluding carboxylic acids is 2. The Hall–Kier alpha value is -4.46. The molecule has 0 aliphatic carbocycles. The number of amides is 1. The molecular formula is C28H26N2O6. The summed E-state index contributed by atoms with van der Waals surface area (Å²) in [5.74, 6) is -1.79. The summed E-state index contributed by atoms with van der Waals surface area (Å²) >= 11 is 0. The Bertz CT molecular complexity index is 1390. The minimum absolute atomic E-state index is 0.0604. The third-order valence-corrected chi connectivity index (χ3v) is 6.22. The molecule has 1 aliphatic heterocycles. The fourth-order valence-corrected chi connectivity index (χ4v) is 4.33. The molecule has 0 spiro atoms. The number of non-ortho nitro benzene ring substituents is 1. The fourth-order valence-electron chi connectivity index (χ4n) is 4.33. The van der Waals surface area contributed by atoms with E-state index in [1.165, 1.54) is 36.3 Å². The Balaban J connectivity index is 1.95. The van der Waals surface area contributed by atoms with Crippen molar-refractivity contribution in [2.45, 2.75) is 32.2 Å². The summed E-state index contributed by atoms with van der Waals surface area (Å²) in [7, 11) is 1.48. The number of nitrogens with zero attached hydrogens (tertiary/aromatic N) is 2. The van der Waals surface area contributed by atoms with Gasteiger partial charge in [0, 0.05) is 28.9 Å². The van der Waals surface area contributed by atoms with E-state index in [2.05, 4.69) is 20.8 Å². The van der Waals surface area contributed by atoms with Crippen molar-refractivity contribution in [1.29, 1.82) is 0 Å². The topological polar surface area (TPSA) is 110 Å². The second-order valence-electron chi connectivity index (χ2n) is 9.52. The van der Waals surface area contributed by atoms with Gasteiger partial charge in [-0.2, -0.15) is 0 Å². The fraction of sp³-hybridized carbons (Fsp3) is 0.214. The lowest BCUT2D eigenvalue weighted by Crippen LogP contribution is -2.29. The number of aliphatic hydroxyl groups is 1. The standard InChI is InChI=1S/C28H26N2O6/c1-28(2,3)18-12-14-19(15-13-18)29-24(21-10-5-6-11-22(21)36-4)23(26(32)27(29)33)25(31)17-8-7-9-20(16-17)30(34)35/h5-16,24,31H,1-4H3/b25-23+. The van der Waals surface area contributed by atoms with Crippen molar-refractivity contribution < 1.29 is 24.4 Å². The summed E-state index contributed by atoms with van der Waals surface area (Å²) in [6.07, 6.45) is 0. The predicted molar refractivity (Wildman–Crippen MR) is 136 cm³/mol. The maximum Gasteiger partial charge on any atom is 0.300 e. The number of methoxy groups -OCH3 is 1. The van der Waals surface area contributed by atoms with Crippen molar-refractivity contribution in [1.82, 2.24) is 0 Å². The van der Waals surface area contributed by atoms with E-state index in [1.807, 2.05) is 12.1 Å². The highest BCUT2D eigenvalue weighted by molar-refractivity contribution is 6.51. The summed E-state index contributed by atoms with van der Waals surface area (Å²) in [6.45, 7) is 6.21. The average Bonchev–Trinajstić information content (AvgIpc) is 3.13. The van der Waals surface area contributed by atoms with E-state index in [-0.39, 0.29) is 22.2 Å². The first-order valence-corrected chi connectivity index (χ1v) is 11.3. The summed E-state index contributed by atoms with van der Waals surface area (Å²) in [6, 6.07) is 18.5. The number of rotatable bonds is 5. The van der Waals surface area contributed by atoms with Crippen molar-refractivity contribution in [3.8, 4) is 5.75 Å². The Kier molecular flexibility index (Phi) is 6.37. The van der Waals surface area contributed by atoms with Crippen LogP contribution < -0.4 is 9.64 Å². The van der Waals surface area contributed by atoms with Crippen molar-refractivity contribution in [2.24, 2.45) is 0 Å². The largest absolute Gasteiger partial charge is 0.507 e. The number of carbonyl (C=O) groups is 2. The van der Waals surface area contributed by atoms with E-state index >= 15 is 0 Å². The van der Waals surface area contributed by atoms with Crippen LogP contribution in [0.5, 0.6) is 5.75 Å². The van der Waals surface area contributed by atoms with Crippen LogP contribution >= 0.6 is 0 Å². The normalized spacial score (nSPS) is 17.3. The molecule has 1 unspecified atom stereocenters. The van der Waals surface area contributed by atoms with Gasteiger partial charge in [0.1, 0.15) is 11.5 Å². The highest BCUT2D eigenvalue weighted by atomic mass is 16.6. The second kappa shape index (κ2) is 9.30. The number of nitro groups is 1. The zero-order chi connectivity index (χ0) is 26.2. The predicted octanol–water partition coefficient (Wildman–Crippen LogP) is 5.53. The summed E-state index contributed by atoms with van der Waals surface area (Å²) < 4.78 is 5.52. The molecule has 0 bridgehead atoms. The molecule has 4 rings (SSSR count). The monoisotopic (exact) mass is 486 g/mol. The number of nitro benzene ring substituents is 1. The van der Waals surface area contributed by atoms with Gasteiger partial charge in [-0.25, -0.2) is 0 Å². The first-order chi connectivity index (χ1) is 17.0. The number of hydrogen-bond donors (Lipinski definition) is 1. The number of anilines is 1. The van der Waals surface area contributed by atoms with Crippen LogP contribution in [0, 0.1) is 10.1 Å². The molecule has 1 N–H and O–H groups in total. The van der Waals surface area contributed by atoms with Crippen molar-refractivity contribution in [3.63, 3.8) is 0 Å². The smallest absolute Gasteiger partial charge is 0.300 e. The summed E-state index contributed by atoms with van der Waals surface area (Å²) in [5, 5.41) is 22.5. The van der Waals surface area contributed by atoms with Crippen LogP contribution in [0.2, 0.25) is 0 Å². The molecule has 8 heteroatoms. The summed E-state index contributed by atoms with van der Waals surface area (Å²) in [5.41, 5.74) is 1.53. The maximum absolute atomic E-state index is 13.4. The van der Waals surface area contributed by atoms with Crippen molar-refractivity contribution in [3.05, 3.63) is 105 Å². The number of hydrogen-bond acceptors (Lipinski definition) is 6. The van der Waals surface area contributed by atoms with E-state index < -0.39 is 28.4 Å². The van der Waals surface area contributed by atoms with Gasteiger partial charge in [-0.15, -0.1) is 0 Å². The van der Waals surface area contributed by atoms with Crippen LogP contribution in [-0.4, -0.2) is 28.8 Å². The minimum atomic E-state index is -1.01. The van der Waals surface area contributed by atoms with Crippen LogP contribution in [-0.2, 0) is 15.0 Å². The maximum atomic E-state index is 13.4. The molecule has 1 saturated heterocycles. The van der Waals surface area contributed by atoms with Gasteiger partial charge in [0.05, 0.1) is 23.6 Å². The lowest BCUT2D eigenvalue weighted by Gasteiger charge is -2.27. The van der Waals surface area contributed by atoms with Gasteiger partial charge in [-0.05, 0) is 29.2 Å². The number of aliphatic hydroxyl groups excluding tert-OH is 1. The zero-order valence-corrected chi connectivity index (χ0v) is 20.4. The van der Waals surface area contributed by atoms with E-state index in [0.717, 1.165) is 5.56 Å². The molecule has 184 valence electrons. The molecule has 1 amide bonds. The number of ether oxygens (including phenoxy) is 1. The minimum Gasteiger partial charge on any atom is -0.507 e. The molecule has 0 radical (unpaired) electrons. The molecule has 0 aromatic heterocycles. The second-order valence-corrected chi connectivity index (χ2v) is 9.52. The molecule has 1 atom stereocenters. The van der Waals surface area contributed by atoms with Gasteiger partial charge in [0.25, 0.3) is 17.4 Å². The van der Waals surface area contributed by atoms with E-state index in [4.69, 9.17) is 4.74 Å². The van der Waals surface area contributed by atoms with E-state index in [9.17, 15) is 24.8 Å². The molecule has 8 nitrogen and oxygen atoms in total. The summed E-state index contributed by atoms with van der Waals surface area (Å²) in [4.78, 5) is 38.7. The molecule has 1 heterocycles. The Morgan fingerprint density at radius 3 is 2.28 bits per heavy atom. The van der Waals surface area contributed by atoms with Crippen LogP contribution in [0.25, 0.3) is 5.76 Å². The lowest BCUT2D eigenvalue weighted by molar-refractivity contribution is -0.384. The Morgan fingerprint density at radius 2 is 1.67 bits per heavy atom. The van der Waals surface area contributed by atoms with Gasteiger partial charge in [0.2, 0.25) is 0 Å². The average molecular weight is 487 g/mol. The first kappa shape index (κ1) is 24.7. The third-order valence-electron chi connectivity index (χ3n) is 6.22. The molecule has 1 aliphatic rings. The van der Waals surface area contributed by atoms with Gasteiger partial charge in [-0.3, -0.25) is 24.6 Å². The first-order valence-electron chi connectivity index (χ1n) is 11.3. The van der Waals surface area contributed by atoms with Gasteiger partial charge in [-0.1, -0.05) is 63.2 Å². The lowest BCUT2D eigenvalue weighted by atomic mass is 9.87. The molecular weight excluding hydrogens is 460 g/mol. The van der Waals surface area contributed by atoms with Crippen LogP contribution in [0.1, 0.15) is 43.5 Å². The van der Waals surface area contributed by atoms with Gasteiger partial charge >= 0.3 is 0 Å². The van der Waals surface area contributed by atoms with E-state index in [0.29, 0.717) is 17.0 Å². The quantitative estimate of drug-likeness (QED) is 0.167. The third kappa shape index (κ3) is 4.33. The number of Topliss-reactive ketones (excluding diaryl/α,β-unsaturated/α-hetero) is 1.